The summed E-state index contributed by atoms with van der Waals surface area (Å²) in [6.45, 7) is 14.9. The highest BCUT2D eigenvalue weighted by Gasteiger charge is 2.32. The van der Waals surface area contributed by atoms with E-state index in [0.717, 1.165) is 25.7 Å². The quantitative estimate of drug-likeness (QED) is 0.916. The lowest BCUT2D eigenvalue weighted by Crippen LogP contribution is -2.62. The summed E-state index contributed by atoms with van der Waals surface area (Å²) in [6.07, 6.45) is 0. The van der Waals surface area contributed by atoms with E-state index in [1.54, 1.807) is 0 Å². The summed E-state index contributed by atoms with van der Waals surface area (Å²) in [6, 6.07) is 0.777. The van der Waals surface area contributed by atoms with Crippen molar-refractivity contribution in [1.29, 1.82) is 0 Å². The van der Waals surface area contributed by atoms with Crippen LogP contribution in [0.4, 0.5) is 0 Å². The molecule has 2 fully saturated rings. The molecule has 2 saturated heterocycles. The second-order valence-corrected chi connectivity index (χ2v) is 7.95. The molecule has 0 bridgehead atoms. The van der Waals surface area contributed by atoms with Gasteiger partial charge in [0.15, 0.2) is 0 Å². The first kappa shape index (κ1) is 14.4. The summed E-state index contributed by atoms with van der Waals surface area (Å²) in [4.78, 5) is 9.95. The van der Waals surface area contributed by atoms with Crippen molar-refractivity contribution < 1.29 is 0 Å². The van der Waals surface area contributed by atoms with Crippen LogP contribution < -0.4 is 5.32 Å². The molecular weight excluding hydrogens is 268 g/mol. The lowest BCUT2D eigenvalue weighted by molar-refractivity contribution is 0.0222. The Morgan fingerprint density at radius 1 is 1.30 bits per heavy atom. The largest absolute Gasteiger partial charge is 0.314 e. The molecule has 0 atom stereocenters. The number of nitrogens with zero attached hydrogens (tertiary/aromatic N) is 3. The van der Waals surface area contributed by atoms with Crippen molar-refractivity contribution in [2.45, 2.75) is 38.8 Å². The van der Waals surface area contributed by atoms with Crippen molar-refractivity contribution >= 4 is 11.3 Å². The topological polar surface area (TPSA) is 31.4 Å². The molecule has 3 rings (SSSR count). The van der Waals surface area contributed by atoms with Crippen LogP contribution in [0.1, 0.15) is 31.5 Å². The Morgan fingerprint density at radius 3 is 2.60 bits per heavy atom. The Balaban J connectivity index is 1.47. The molecule has 1 aromatic rings. The maximum atomic E-state index is 4.79. The van der Waals surface area contributed by atoms with Crippen molar-refractivity contribution in [2.75, 3.05) is 39.3 Å². The van der Waals surface area contributed by atoms with E-state index in [4.69, 9.17) is 4.98 Å². The van der Waals surface area contributed by atoms with Crippen LogP contribution in [0.25, 0.3) is 0 Å². The third kappa shape index (κ3) is 3.22. The van der Waals surface area contributed by atoms with E-state index in [-0.39, 0.29) is 5.41 Å². The average Bonchev–Trinajstić information content (AvgIpc) is 2.83. The minimum atomic E-state index is 0.174. The highest BCUT2D eigenvalue weighted by molar-refractivity contribution is 7.09. The number of piperazine rings is 1. The van der Waals surface area contributed by atoms with Gasteiger partial charge in [0.2, 0.25) is 0 Å². The Morgan fingerprint density at radius 2 is 2.00 bits per heavy atom. The number of aromatic nitrogens is 1. The number of nitrogens with one attached hydrogen (secondary N) is 1. The van der Waals surface area contributed by atoms with E-state index in [1.165, 1.54) is 36.9 Å². The molecule has 0 spiro atoms. The minimum Gasteiger partial charge on any atom is -0.314 e. The standard InChI is InChI=1S/C15H26N4S/c1-15(2,3)13-11-20-14(17-13)10-18-8-12(9-18)19-6-4-16-5-7-19/h11-12,16H,4-10H2,1-3H3. The van der Waals surface area contributed by atoms with Crippen LogP contribution >= 0.6 is 11.3 Å². The molecule has 20 heavy (non-hydrogen) atoms. The first-order valence-electron chi connectivity index (χ1n) is 7.64. The minimum absolute atomic E-state index is 0.174. The van der Waals surface area contributed by atoms with Crippen molar-refractivity contribution in [3.05, 3.63) is 16.1 Å². The van der Waals surface area contributed by atoms with Gasteiger partial charge in [0.25, 0.3) is 0 Å². The third-order valence-electron chi connectivity index (χ3n) is 4.28. The van der Waals surface area contributed by atoms with Crippen LogP contribution in [0.5, 0.6) is 0 Å². The Hall–Kier alpha value is -0.490. The fourth-order valence-corrected chi connectivity index (χ4v) is 3.93. The summed E-state index contributed by atoms with van der Waals surface area (Å²) in [5, 5.41) is 6.92. The molecule has 4 nitrogen and oxygen atoms in total. The Kier molecular flexibility index (Phi) is 4.13. The summed E-state index contributed by atoms with van der Waals surface area (Å²) in [5.41, 5.74) is 1.41. The summed E-state index contributed by atoms with van der Waals surface area (Å²) < 4.78 is 0. The van der Waals surface area contributed by atoms with Crippen molar-refractivity contribution in [3.63, 3.8) is 0 Å². The predicted octanol–water partition coefficient (Wildman–Crippen LogP) is 1.53. The van der Waals surface area contributed by atoms with Gasteiger partial charge in [-0.3, -0.25) is 9.80 Å². The van der Waals surface area contributed by atoms with E-state index in [1.807, 2.05) is 11.3 Å². The number of rotatable bonds is 3. The second-order valence-electron chi connectivity index (χ2n) is 7.01. The molecule has 1 aromatic heterocycles. The van der Waals surface area contributed by atoms with Gasteiger partial charge in [-0.15, -0.1) is 11.3 Å². The zero-order valence-electron chi connectivity index (χ0n) is 12.9. The predicted molar refractivity (Wildman–Crippen MR) is 84.3 cm³/mol. The average molecular weight is 294 g/mol. The van der Waals surface area contributed by atoms with Gasteiger partial charge in [-0.2, -0.15) is 0 Å². The zero-order chi connectivity index (χ0) is 14.2. The molecular formula is C15H26N4S. The van der Waals surface area contributed by atoms with Gasteiger partial charge in [0.1, 0.15) is 5.01 Å². The first-order valence-corrected chi connectivity index (χ1v) is 8.52. The van der Waals surface area contributed by atoms with Gasteiger partial charge in [0, 0.05) is 56.1 Å². The number of hydrogen-bond donors (Lipinski definition) is 1. The molecule has 5 heteroatoms. The van der Waals surface area contributed by atoms with Crippen LogP contribution in [0, 0.1) is 0 Å². The van der Waals surface area contributed by atoms with Gasteiger partial charge in [-0.25, -0.2) is 4.98 Å². The summed E-state index contributed by atoms with van der Waals surface area (Å²) in [5.74, 6) is 0. The van der Waals surface area contributed by atoms with Crippen LogP contribution in [0.3, 0.4) is 0 Å². The highest BCUT2D eigenvalue weighted by atomic mass is 32.1. The van der Waals surface area contributed by atoms with Crippen molar-refractivity contribution in [3.8, 4) is 0 Å². The monoisotopic (exact) mass is 294 g/mol. The molecule has 0 aromatic carbocycles. The molecule has 1 N–H and O–H groups in total. The van der Waals surface area contributed by atoms with Crippen LogP contribution in [-0.2, 0) is 12.0 Å². The normalized spacial score (nSPS) is 22.9. The Labute approximate surface area is 126 Å². The van der Waals surface area contributed by atoms with Crippen LogP contribution in [0.2, 0.25) is 0 Å². The fraction of sp³-hybridized carbons (Fsp3) is 0.800. The van der Waals surface area contributed by atoms with Gasteiger partial charge in [-0.05, 0) is 0 Å². The van der Waals surface area contributed by atoms with Crippen LogP contribution in [0.15, 0.2) is 5.38 Å². The third-order valence-corrected chi connectivity index (χ3v) is 5.12. The van der Waals surface area contributed by atoms with E-state index in [9.17, 15) is 0 Å². The molecule has 2 aliphatic rings. The van der Waals surface area contributed by atoms with Gasteiger partial charge < -0.3 is 5.32 Å². The maximum Gasteiger partial charge on any atom is 0.107 e. The number of thiazole rings is 1. The van der Waals surface area contributed by atoms with E-state index >= 15 is 0 Å². The van der Waals surface area contributed by atoms with Gasteiger partial charge in [-0.1, -0.05) is 20.8 Å². The molecule has 0 saturated carbocycles. The van der Waals surface area contributed by atoms with Crippen molar-refractivity contribution in [2.24, 2.45) is 0 Å². The molecule has 0 aliphatic carbocycles. The highest BCUT2D eigenvalue weighted by Crippen LogP contribution is 2.26. The van der Waals surface area contributed by atoms with E-state index in [0.29, 0.717) is 0 Å². The second kappa shape index (κ2) is 5.72. The molecule has 0 radical (unpaired) electrons. The molecule has 0 amide bonds. The smallest absolute Gasteiger partial charge is 0.107 e. The lowest BCUT2D eigenvalue weighted by atomic mass is 9.93. The van der Waals surface area contributed by atoms with Crippen LogP contribution in [-0.4, -0.2) is 60.1 Å². The van der Waals surface area contributed by atoms with Gasteiger partial charge >= 0.3 is 0 Å². The lowest BCUT2D eigenvalue weighted by Gasteiger charge is -2.46. The van der Waals surface area contributed by atoms with E-state index in [2.05, 4.69) is 41.3 Å². The molecule has 3 heterocycles. The zero-order valence-corrected chi connectivity index (χ0v) is 13.7. The fourth-order valence-electron chi connectivity index (χ4n) is 2.87. The Bertz CT molecular complexity index is 439. The number of hydrogen-bond acceptors (Lipinski definition) is 5. The SMILES string of the molecule is CC(C)(C)c1csc(CN2CC(N3CCNCC3)C2)n1. The number of likely N-dealkylation sites (tertiary alicyclic amines) is 1. The summed E-state index contributed by atoms with van der Waals surface area (Å²) >= 11 is 1.81. The molecule has 2 aliphatic heterocycles. The van der Waals surface area contributed by atoms with E-state index < -0.39 is 0 Å². The van der Waals surface area contributed by atoms with Crippen molar-refractivity contribution in [1.82, 2.24) is 20.1 Å². The molecule has 112 valence electrons. The molecule has 0 unspecified atom stereocenters. The first-order chi connectivity index (χ1) is 9.52. The maximum absolute atomic E-state index is 4.79. The van der Waals surface area contributed by atoms with Gasteiger partial charge in [0.05, 0.1) is 12.2 Å². The summed E-state index contributed by atoms with van der Waals surface area (Å²) in [7, 11) is 0.